The largest absolute Gasteiger partial charge is 0.481 e. The Bertz CT molecular complexity index is 932. The minimum Gasteiger partial charge on any atom is -0.481 e. The van der Waals surface area contributed by atoms with E-state index >= 15 is 0 Å². The highest BCUT2D eigenvalue weighted by atomic mass is 16.5. The van der Waals surface area contributed by atoms with Gasteiger partial charge in [0, 0.05) is 37.5 Å². The predicted molar refractivity (Wildman–Crippen MR) is 102 cm³/mol. The van der Waals surface area contributed by atoms with Gasteiger partial charge >= 0.3 is 0 Å². The number of amides is 1. The van der Waals surface area contributed by atoms with Crippen molar-refractivity contribution in [2.45, 2.75) is 25.4 Å². The maximum atomic E-state index is 12.4. The third-order valence-corrected chi connectivity index (χ3v) is 5.05. The summed E-state index contributed by atoms with van der Waals surface area (Å²) in [6.07, 6.45) is 5.44. The second kappa shape index (κ2) is 8.35. The van der Waals surface area contributed by atoms with Gasteiger partial charge in [0.05, 0.1) is 13.7 Å². The van der Waals surface area contributed by atoms with Gasteiger partial charge in [0.15, 0.2) is 5.65 Å². The molecule has 3 aromatic heterocycles. The van der Waals surface area contributed by atoms with Crippen LogP contribution in [-0.2, 0) is 16.1 Å². The van der Waals surface area contributed by atoms with E-state index in [1.54, 1.807) is 19.4 Å². The second-order valence-corrected chi connectivity index (χ2v) is 6.84. The van der Waals surface area contributed by atoms with E-state index in [0.717, 1.165) is 29.9 Å². The number of hydrogen-bond donors (Lipinski definition) is 0. The Morgan fingerprint density at radius 3 is 2.79 bits per heavy atom. The SMILES string of the molecule is COc1ccc(COCC(=O)N2CCC(c3nnc4ccccn34)CC2)cn1. The molecule has 1 aliphatic rings. The van der Waals surface area contributed by atoms with Crippen molar-refractivity contribution in [1.82, 2.24) is 24.5 Å². The smallest absolute Gasteiger partial charge is 0.248 e. The molecule has 0 N–H and O–H groups in total. The Hall–Kier alpha value is -3.00. The molecule has 8 heteroatoms. The summed E-state index contributed by atoms with van der Waals surface area (Å²) in [4.78, 5) is 18.4. The van der Waals surface area contributed by atoms with Crippen LogP contribution < -0.4 is 4.74 Å². The van der Waals surface area contributed by atoms with Crippen molar-refractivity contribution in [2.75, 3.05) is 26.8 Å². The molecule has 4 rings (SSSR count). The molecule has 1 fully saturated rings. The molecule has 8 nitrogen and oxygen atoms in total. The minimum atomic E-state index is 0.0195. The van der Waals surface area contributed by atoms with Crippen molar-refractivity contribution < 1.29 is 14.3 Å². The van der Waals surface area contributed by atoms with Crippen LogP contribution in [0.15, 0.2) is 42.7 Å². The molecule has 1 aliphatic heterocycles. The summed E-state index contributed by atoms with van der Waals surface area (Å²) in [6, 6.07) is 9.54. The van der Waals surface area contributed by atoms with Gasteiger partial charge in [-0.1, -0.05) is 6.07 Å². The number of ether oxygens (including phenoxy) is 2. The first kappa shape index (κ1) is 18.4. The van der Waals surface area contributed by atoms with Crippen LogP contribution >= 0.6 is 0 Å². The van der Waals surface area contributed by atoms with Gasteiger partial charge in [-0.3, -0.25) is 9.20 Å². The number of rotatable bonds is 6. The van der Waals surface area contributed by atoms with E-state index < -0.39 is 0 Å². The summed E-state index contributed by atoms with van der Waals surface area (Å²) in [5, 5.41) is 8.58. The van der Waals surface area contributed by atoms with Crippen LogP contribution in [0.2, 0.25) is 0 Å². The number of carbonyl (C=O) groups excluding carboxylic acids is 1. The Kier molecular flexibility index (Phi) is 5.48. The fraction of sp³-hybridized carbons (Fsp3) is 0.400. The van der Waals surface area contributed by atoms with Gasteiger partial charge < -0.3 is 14.4 Å². The maximum Gasteiger partial charge on any atom is 0.248 e. The van der Waals surface area contributed by atoms with Gasteiger partial charge in [0.2, 0.25) is 11.8 Å². The zero-order valence-electron chi connectivity index (χ0n) is 15.8. The van der Waals surface area contributed by atoms with Crippen LogP contribution in [0.3, 0.4) is 0 Å². The van der Waals surface area contributed by atoms with Crippen molar-refractivity contribution in [3.05, 3.63) is 54.1 Å². The summed E-state index contributed by atoms with van der Waals surface area (Å²) >= 11 is 0. The molecule has 0 unspecified atom stereocenters. The van der Waals surface area contributed by atoms with E-state index in [1.165, 1.54) is 0 Å². The molecular formula is C20H23N5O3. The van der Waals surface area contributed by atoms with Crippen LogP contribution in [0.1, 0.15) is 30.1 Å². The average Bonchev–Trinajstić information content (AvgIpc) is 3.18. The molecule has 0 radical (unpaired) electrons. The van der Waals surface area contributed by atoms with Crippen LogP contribution in [-0.4, -0.2) is 57.2 Å². The minimum absolute atomic E-state index is 0.0195. The topological polar surface area (TPSA) is 81.9 Å². The van der Waals surface area contributed by atoms with E-state index in [0.29, 0.717) is 31.5 Å². The zero-order valence-corrected chi connectivity index (χ0v) is 15.8. The fourth-order valence-corrected chi connectivity index (χ4v) is 3.49. The van der Waals surface area contributed by atoms with E-state index in [2.05, 4.69) is 15.2 Å². The van der Waals surface area contributed by atoms with Crippen LogP contribution in [0.5, 0.6) is 5.88 Å². The van der Waals surface area contributed by atoms with E-state index in [4.69, 9.17) is 9.47 Å². The molecule has 0 aromatic carbocycles. The lowest BCUT2D eigenvalue weighted by Gasteiger charge is -2.31. The van der Waals surface area contributed by atoms with Crippen molar-refractivity contribution in [2.24, 2.45) is 0 Å². The number of nitrogens with zero attached hydrogens (tertiary/aromatic N) is 5. The number of methoxy groups -OCH3 is 1. The summed E-state index contributed by atoms with van der Waals surface area (Å²) in [7, 11) is 1.58. The summed E-state index contributed by atoms with van der Waals surface area (Å²) in [5.74, 6) is 1.87. The summed E-state index contributed by atoms with van der Waals surface area (Å²) < 4.78 is 12.6. The number of hydrogen-bond acceptors (Lipinski definition) is 6. The number of carbonyl (C=O) groups is 1. The number of aromatic nitrogens is 4. The normalized spacial score (nSPS) is 15.1. The summed E-state index contributed by atoms with van der Waals surface area (Å²) in [6.45, 7) is 1.84. The number of pyridine rings is 2. The van der Waals surface area contributed by atoms with Gasteiger partial charge in [-0.05, 0) is 36.6 Å². The number of likely N-dealkylation sites (tertiary alicyclic amines) is 1. The van der Waals surface area contributed by atoms with E-state index in [-0.39, 0.29) is 12.5 Å². The lowest BCUT2D eigenvalue weighted by atomic mass is 9.96. The Balaban J connectivity index is 1.25. The molecule has 146 valence electrons. The molecule has 1 saturated heterocycles. The predicted octanol–water partition coefficient (Wildman–Crippen LogP) is 2.06. The highest BCUT2D eigenvalue weighted by Crippen LogP contribution is 2.27. The maximum absolute atomic E-state index is 12.4. The molecular weight excluding hydrogens is 358 g/mol. The van der Waals surface area contributed by atoms with Gasteiger partial charge in [0.25, 0.3) is 0 Å². The highest BCUT2D eigenvalue weighted by molar-refractivity contribution is 5.77. The van der Waals surface area contributed by atoms with E-state index in [1.807, 2.05) is 39.8 Å². The first-order valence-electron chi connectivity index (χ1n) is 9.38. The molecule has 4 heterocycles. The lowest BCUT2D eigenvalue weighted by Crippen LogP contribution is -2.40. The zero-order chi connectivity index (χ0) is 19.3. The molecule has 0 atom stereocenters. The van der Waals surface area contributed by atoms with Gasteiger partial charge in [-0.15, -0.1) is 10.2 Å². The quantitative estimate of drug-likeness (QED) is 0.650. The number of fused-ring (bicyclic) bond motifs is 1. The molecule has 0 bridgehead atoms. The summed E-state index contributed by atoms with van der Waals surface area (Å²) in [5.41, 5.74) is 1.77. The Labute approximate surface area is 163 Å². The third-order valence-electron chi connectivity index (χ3n) is 5.05. The van der Waals surface area contributed by atoms with Crippen LogP contribution in [0.25, 0.3) is 5.65 Å². The average molecular weight is 381 g/mol. The van der Waals surface area contributed by atoms with E-state index in [9.17, 15) is 4.79 Å². The first-order chi connectivity index (χ1) is 13.7. The van der Waals surface area contributed by atoms with Gasteiger partial charge in [-0.2, -0.15) is 0 Å². The second-order valence-electron chi connectivity index (χ2n) is 6.84. The Morgan fingerprint density at radius 1 is 1.18 bits per heavy atom. The molecule has 28 heavy (non-hydrogen) atoms. The first-order valence-corrected chi connectivity index (χ1v) is 9.38. The van der Waals surface area contributed by atoms with Crippen molar-refractivity contribution in [1.29, 1.82) is 0 Å². The molecule has 0 aliphatic carbocycles. The monoisotopic (exact) mass is 381 g/mol. The molecule has 0 spiro atoms. The standard InChI is InChI=1S/C20H23N5O3/c1-27-18-6-5-15(12-21-18)13-28-14-19(26)24-10-7-16(8-11-24)20-23-22-17-4-2-3-9-25(17)20/h2-6,9,12,16H,7-8,10-11,13-14H2,1H3. The lowest BCUT2D eigenvalue weighted by molar-refractivity contribution is -0.137. The van der Waals surface area contributed by atoms with Gasteiger partial charge in [0.1, 0.15) is 12.4 Å². The highest BCUT2D eigenvalue weighted by Gasteiger charge is 2.26. The van der Waals surface area contributed by atoms with Crippen molar-refractivity contribution in [3.8, 4) is 5.88 Å². The van der Waals surface area contributed by atoms with Crippen LogP contribution in [0.4, 0.5) is 0 Å². The Morgan fingerprint density at radius 2 is 2.04 bits per heavy atom. The van der Waals surface area contributed by atoms with Gasteiger partial charge in [-0.25, -0.2) is 4.98 Å². The van der Waals surface area contributed by atoms with Crippen molar-refractivity contribution in [3.63, 3.8) is 0 Å². The third kappa shape index (κ3) is 3.96. The molecule has 3 aromatic rings. The number of piperidine rings is 1. The molecule has 0 saturated carbocycles. The fourth-order valence-electron chi connectivity index (χ4n) is 3.49. The van der Waals surface area contributed by atoms with Crippen molar-refractivity contribution >= 4 is 11.6 Å². The molecule has 1 amide bonds. The van der Waals surface area contributed by atoms with Crippen LogP contribution in [0, 0.1) is 0 Å².